The number of nitrogens with two attached hydrogens (primary N) is 1. The van der Waals surface area contributed by atoms with Gasteiger partial charge in [-0.2, -0.15) is 5.10 Å². The fourth-order valence-corrected chi connectivity index (χ4v) is 6.21. The number of likely N-dealkylation sites (tertiary alicyclic amines) is 1. The number of carbonyl (C=O) groups excluding carboxylic acids is 2. The molecule has 10 heteroatoms. The summed E-state index contributed by atoms with van der Waals surface area (Å²) in [6.45, 7) is 8.46. The predicted molar refractivity (Wildman–Crippen MR) is 190 cm³/mol. The average molecular weight is 652 g/mol. The third-order valence-corrected chi connectivity index (χ3v) is 9.17. The lowest BCUT2D eigenvalue weighted by atomic mass is 9.87. The SMILES string of the molecule is CN1CCCC1CCN(C(=O)CCCNc1cc(-c2ccncc2)nn1-c1ccc(C(C)(C)C)cc1)C(=O)[C@@H](N)Cc1ccc(O)cc1. The van der Waals surface area contributed by atoms with Gasteiger partial charge in [-0.1, -0.05) is 45.0 Å². The fraction of sp³-hybridized carbons (Fsp3) is 0.421. The minimum Gasteiger partial charge on any atom is -0.508 e. The molecule has 0 saturated carbocycles. The standard InChI is InChI=1S/C38H49N7O3/c1-38(2,3)29-11-13-31(14-12-29)45-35(26-34(42-45)28-17-21-40-22-18-28)41-20-5-8-36(47)44(24-19-30-7-6-23-43(30)4)37(48)33(39)25-27-9-15-32(46)16-10-27/h9-18,21-22,26,30,33,41,46H,5-8,19-20,23-25,39H2,1-4H3/t30?,33-/m0/s1. The molecule has 10 nitrogen and oxygen atoms in total. The highest BCUT2D eigenvalue weighted by molar-refractivity contribution is 5.97. The Labute approximate surface area is 284 Å². The molecule has 1 aliphatic heterocycles. The normalized spacial score (nSPS) is 15.7. The molecule has 1 unspecified atom stereocenters. The van der Waals surface area contributed by atoms with Crippen LogP contribution in [0.4, 0.5) is 5.82 Å². The van der Waals surface area contributed by atoms with Crippen molar-refractivity contribution in [2.45, 2.75) is 76.8 Å². The molecule has 48 heavy (non-hydrogen) atoms. The van der Waals surface area contributed by atoms with Gasteiger partial charge in [0.1, 0.15) is 11.6 Å². The van der Waals surface area contributed by atoms with E-state index >= 15 is 0 Å². The monoisotopic (exact) mass is 651 g/mol. The minimum atomic E-state index is -0.858. The number of benzene rings is 2. The van der Waals surface area contributed by atoms with E-state index < -0.39 is 6.04 Å². The molecule has 3 heterocycles. The Kier molecular flexibility index (Phi) is 11.3. The molecule has 1 saturated heterocycles. The van der Waals surface area contributed by atoms with Crippen LogP contribution in [0, 0.1) is 0 Å². The molecule has 1 aliphatic rings. The summed E-state index contributed by atoms with van der Waals surface area (Å²) in [6.07, 6.45) is 7.42. The molecule has 4 aromatic rings. The molecule has 1 fully saturated rings. The summed E-state index contributed by atoms with van der Waals surface area (Å²) in [5, 5.41) is 18.0. The van der Waals surface area contributed by atoms with Crippen molar-refractivity contribution in [1.82, 2.24) is 24.6 Å². The number of aromatic hydroxyl groups is 1. The summed E-state index contributed by atoms with van der Waals surface area (Å²) >= 11 is 0. The van der Waals surface area contributed by atoms with Crippen molar-refractivity contribution in [2.75, 3.05) is 32.0 Å². The van der Waals surface area contributed by atoms with Crippen molar-refractivity contribution in [2.24, 2.45) is 5.73 Å². The summed E-state index contributed by atoms with van der Waals surface area (Å²) in [7, 11) is 2.09. The smallest absolute Gasteiger partial charge is 0.246 e. The molecule has 0 radical (unpaired) electrons. The molecule has 0 bridgehead atoms. The maximum Gasteiger partial charge on any atom is 0.246 e. The molecule has 2 atom stereocenters. The van der Waals surface area contributed by atoms with Gasteiger partial charge in [-0.3, -0.25) is 19.5 Å². The average Bonchev–Trinajstić information content (AvgIpc) is 3.70. The fourth-order valence-electron chi connectivity index (χ4n) is 6.21. The number of nitrogens with one attached hydrogen (secondary N) is 1. The van der Waals surface area contributed by atoms with E-state index in [1.807, 2.05) is 22.9 Å². The van der Waals surface area contributed by atoms with E-state index in [4.69, 9.17) is 10.8 Å². The first kappa shape index (κ1) is 34.8. The highest BCUT2D eigenvalue weighted by Gasteiger charge is 2.29. The summed E-state index contributed by atoms with van der Waals surface area (Å²) in [5.41, 5.74) is 11.2. The molecule has 2 aromatic heterocycles. The summed E-state index contributed by atoms with van der Waals surface area (Å²) in [6, 6.07) is 20.4. The van der Waals surface area contributed by atoms with E-state index in [1.165, 1.54) is 10.5 Å². The van der Waals surface area contributed by atoms with Crippen LogP contribution in [-0.4, -0.2) is 80.3 Å². The second-order valence-corrected chi connectivity index (χ2v) is 13.8. The minimum absolute atomic E-state index is 0.0379. The second kappa shape index (κ2) is 15.6. The van der Waals surface area contributed by atoms with Gasteiger partial charge in [-0.25, -0.2) is 4.68 Å². The topological polar surface area (TPSA) is 130 Å². The third-order valence-electron chi connectivity index (χ3n) is 9.17. The first-order valence-electron chi connectivity index (χ1n) is 16.9. The highest BCUT2D eigenvalue weighted by atomic mass is 16.3. The summed E-state index contributed by atoms with van der Waals surface area (Å²) in [5.74, 6) is 0.388. The molecule has 5 rings (SSSR count). The van der Waals surface area contributed by atoms with Gasteiger partial charge in [0.05, 0.1) is 17.4 Å². The lowest BCUT2D eigenvalue weighted by molar-refractivity contribution is -0.146. The molecule has 2 aromatic carbocycles. The Bertz CT molecular complexity index is 1650. The zero-order valence-corrected chi connectivity index (χ0v) is 28.6. The number of anilines is 1. The Morgan fingerprint density at radius 2 is 1.77 bits per heavy atom. The van der Waals surface area contributed by atoms with Crippen LogP contribution >= 0.6 is 0 Å². The van der Waals surface area contributed by atoms with E-state index in [1.54, 1.807) is 36.7 Å². The van der Waals surface area contributed by atoms with Gasteiger partial charge in [0.25, 0.3) is 0 Å². The quantitative estimate of drug-likeness (QED) is 0.161. The molecule has 4 N–H and O–H groups in total. The summed E-state index contributed by atoms with van der Waals surface area (Å²) < 4.78 is 1.89. The number of nitrogens with zero attached hydrogens (tertiary/aromatic N) is 5. The van der Waals surface area contributed by atoms with Gasteiger partial charge in [0.2, 0.25) is 11.8 Å². The number of aromatic nitrogens is 3. The maximum absolute atomic E-state index is 13.6. The Morgan fingerprint density at radius 1 is 1.06 bits per heavy atom. The third kappa shape index (κ3) is 8.87. The number of phenols is 1. The van der Waals surface area contributed by atoms with Crippen LogP contribution in [0.2, 0.25) is 0 Å². The van der Waals surface area contributed by atoms with Gasteiger partial charge in [-0.15, -0.1) is 0 Å². The number of pyridine rings is 1. The first-order chi connectivity index (χ1) is 23.0. The summed E-state index contributed by atoms with van der Waals surface area (Å²) in [4.78, 5) is 35.0. The van der Waals surface area contributed by atoms with E-state index in [-0.39, 0.29) is 35.8 Å². The van der Waals surface area contributed by atoms with Gasteiger partial charge in [0, 0.05) is 49.6 Å². The van der Waals surface area contributed by atoms with E-state index in [2.05, 4.69) is 67.3 Å². The molecular weight excluding hydrogens is 602 g/mol. The number of phenolic OH excluding ortho intramolecular Hbond substituents is 1. The lowest BCUT2D eigenvalue weighted by Crippen LogP contribution is -2.49. The van der Waals surface area contributed by atoms with Crippen LogP contribution in [0.25, 0.3) is 16.9 Å². The number of amides is 2. The Hall–Kier alpha value is -4.54. The van der Waals surface area contributed by atoms with Gasteiger partial charge in [-0.05, 0) is 98.6 Å². The Balaban J connectivity index is 1.26. The van der Waals surface area contributed by atoms with Gasteiger partial charge >= 0.3 is 0 Å². The molecule has 0 spiro atoms. The molecular formula is C38H49N7O3. The zero-order chi connectivity index (χ0) is 34.3. The van der Waals surface area contributed by atoms with Crippen LogP contribution in [0.15, 0.2) is 79.1 Å². The van der Waals surface area contributed by atoms with Crippen molar-refractivity contribution in [3.63, 3.8) is 0 Å². The molecule has 0 aliphatic carbocycles. The number of carbonyl (C=O) groups is 2. The first-order valence-corrected chi connectivity index (χ1v) is 16.9. The zero-order valence-electron chi connectivity index (χ0n) is 28.6. The second-order valence-electron chi connectivity index (χ2n) is 13.8. The van der Waals surface area contributed by atoms with Crippen molar-refractivity contribution >= 4 is 17.6 Å². The number of hydrogen-bond donors (Lipinski definition) is 3. The van der Waals surface area contributed by atoms with Crippen LogP contribution in [-0.2, 0) is 21.4 Å². The number of imide groups is 1. The van der Waals surface area contributed by atoms with E-state index in [9.17, 15) is 14.7 Å². The largest absolute Gasteiger partial charge is 0.508 e. The molecule has 254 valence electrons. The maximum atomic E-state index is 13.6. The number of rotatable bonds is 13. The van der Waals surface area contributed by atoms with Crippen molar-refractivity contribution in [3.8, 4) is 22.7 Å². The van der Waals surface area contributed by atoms with Gasteiger partial charge in [0.15, 0.2) is 0 Å². The van der Waals surface area contributed by atoms with Gasteiger partial charge < -0.3 is 21.1 Å². The Morgan fingerprint density at radius 3 is 2.42 bits per heavy atom. The highest BCUT2D eigenvalue weighted by Crippen LogP contribution is 2.27. The van der Waals surface area contributed by atoms with Crippen molar-refractivity contribution in [1.29, 1.82) is 0 Å². The number of hydrogen-bond acceptors (Lipinski definition) is 8. The lowest BCUT2D eigenvalue weighted by Gasteiger charge is -2.27. The van der Waals surface area contributed by atoms with Crippen LogP contribution < -0.4 is 11.1 Å². The van der Waals surface area contributed by atoms with Crippen molar-refractivity contribution in [3.05, 3.63) is 90.3 Å². The van der Waals surface area contributed by atoms with E-state index in [0.29, 0.717) is 25.6 Å². The predicted octanol–water partition coefficient (Wildman–Crippen LogP) is 5.54. The van der Waals surface area contributed by atoms with Crippen LogP contribution in [0.1, 0.15) is 64.0 Å². The molecule has 2 amide bonds. The van der Waals surface area contributed by atoms with E-state index in [0.717, 1.165) is 54.1 Å². The van der Waals surface area contributed by atoms with Crippen LogP contribution in [0.5, 0.6) is 5.75 Å². The van der Waals surface area contributed by atoms with Crippen molar-refractivity contribution < 1.29 is 14.7 Å². The van der Waals surface area contributed by atoms with Crippen LogP contribution in [0.3, 0.4) is 0 Å².